The average Bonchev–Trinajstić information content (AvgIpc) is 2.66. The average molecular weight is 452 g/mol. The number of hydrogen-bond acceptors (Lipinski definition) is 5. The summed E-state index contributed by atoms with van der Waals surface area (Å²) in [5, 5.41) is 12.4. The standard InChI is InChI=1S/C19H16BrClN2O4/c1-25-16-5-4-13(8-15(16)21)23-19(24)12(10-22)6-11-7-17(26-2)18(27-3)9-14(11)20/h4-9H,1-3H3,(H,23,24)/b12-6+. The summed E-state index contributed by atoms with van der Waals surface area (Å²) >= 11 is 9.45. The molecule has 0 saturated heterocycles. The van der Waals surface area contributed by atoms with Gasteiger partial charge in [-0.1, -0.05) is 27.5 Å². The molecule has 0 fully saturated rings. The van der Waals surface area contributed by atoms with Gasteiger partial charge in [0.25, 0.3) is 5.91 Å². The van der Waals surface area contributed by atoms with Gasteiger partial charge in [0.2, 0.25) is 0 Å². The number of nitrogens with one attached hydrogen (secondary N) is 1. The first-order valence-corrected chi connectivity index (χ1v) is 8.78. The van der Waals surface area contributed by atoms with Gasteiger partial charge < -0.3 is 19.5 Å². The van der Waals surface area contributed by atoms with Crippen molar-refractivity contribution in [3.05, 3.63) is 51.0 Å². The molecule has 1 N–H and O–H groups in total. The van der Waals surface area contributed by atoms with Crippen LogP contribution in [0.15, 0.2) is 40.4 Å². The van der Waals surface area contributed by atoms with Crippen molar-refractivity contribution in [1.29, 1.82) is 5.26 Å². The van der Waals surface area contributed by atoms with Crippen molar-refractivity contribution in [2.45, 2.75) is 0 Å². The number of hydrogen-bond donors (Lipinski definition) is 1. The van der Waals surface area contributed by atoms with E-state index in [4.69, 9.17) is 25.8 Å². The van der Waals surface area contributed by atoms with Crippen LogP contribution in [0.2, 0.25) is 5.02 Å². The summed E-state index contributed by atoms with van der Waals surface area (Å²) in [7, 11) is 4.52. The second-order valence-corrected chi connectivity index (χ2v) is 6.46. The summed E-state index contributed by atoms with van der Waals surface area (Å²) < 4.78 is 16.2. The molecule has 0 aliphatic heterocycles. The molecule has 0 unspecified atom stereocenters. The lowest BCUT2D eigenvalue weighted by Gasteiger charge is -2.10. The maximum atomic E-state index is 12.5. The largest absolute Gasteiger partial charge is 0.495 e. The Kier molecular flexibility index (Phi) is 7.11. The first kappa shape index (κ1) is 20.6. The van der Waals surface area contributed by atoms with Gasteiger partial charge in [-0.05, 0) is 42.0 Å². The molecule has 0 heterocycles. The second kappa shape index (κ2) is 9.31. The number of anilines is 1. The first-order valence-electron chi connectivity index (χ1n) is 7.61. The zero-order valence-corrected chi connectivity index (χ0v) is 17.1. The van der Waals surface area contributed by atoms with E-state index >= 15 is 0 Å². The van der Waals surface area contributed by atoms with E-state index in [0.717, 1.165) is 0 Å². The highest BCUT2D eigenvalue weighted by molar-refractivity contribution is 9.10. The van der Waals surface area contributed by atoms with Gasteiger partial charge in [0.15, 0.2) is 11.5 Å². The number of methoxy groups -OCH3 is 3. The highest BCUT2D eigenvalue weighted by atomic mass is 79.9. The fourth-order valence-electron chi connectivity index (χ4n) is 2.23. The van der Waals surface area contributed by atoms with Crippen molar-refractivity contribution in [1.82, 2.24) is 0 Å². The molecule has 0 aliphatic rings. The third-order valence-corrected chi connectivity index (χ3v) is 4.56. The molecule has 8 heteroatoms. The van der Waals surface area contributed by atoms with Crippen LogP contribution in [0.4, 0.5) is 5.69 Å². The minimum Gasteiger partial charge on any atom is -0.495 e. The topological polar surface area (TPSA) is 80.6 Å². The molecule has 6 nitrogen and oxygen atoms in total. The molecule has 0 aliphatic carbocycles. The first-order chi connectivity index (χ1) is 12.9. The Morgan fingerprint density at radius 3 is 2.30 bits per heavy atom. The van der Waals surface area contributed by atoms with Crippen molar-refractivity contribution >= 4 is 45.2 Å². The fraction of sp³-hybridized carbons (Fsp3) is 0.158. The Balaban J connectivity index is 2.32. The Bertz CT molecular complexity index is 938. The third-order valence-electron chi connectivity index (χ3n) is 3.58. The lowest BCUT2D eigenvalue weighted by atomic mass is 10.1. The molecule has 0 atom stereocenters. The molecular formula is C19H16BrClN2O4. The SMILES string of the molecule is COc1ccc(NC(=O)/C(C#N)=C/c2cc(OC)c(OC)cc2Br)cc1Cl. The molecular weight excluding hydrogens is 436 g/mol. The maximum absolute atomic E-state index is 12.5. The van der Waals surface area contributed by atoms with Gasteiger partial charge in [0.05, 0.1) is 26.4 Å². The normalized spacial score (nSPS) is 10.7. The van der Waals surface area contributed by atoms with E-state index in [1.54, 1.807) is 30.3 Å². The smallest absolute Gasteiger partial charge is 0.266 e. The van der Waals surface area contributed by atoms with Gasteiger partial charge in [-0.15, -0.1) is 0 Å². The molecule has 27 heavy (non-hydrogen) atoms. The Morgan fingerprint density at radius 2 is 1.74 bits per heavy atom. The Labute approximate surface area is 170 Å². The summed E-state index contributed by atoms with van der Waals surface area (Å²) in [4.78, 5) is 12.5. The van der Waals surface area contributed by atoms with Crippen LogP contribution in [0.5, 0.6) is 17.2 Å². The van der Waals surface area contributed by atoms with Crippen LogP contribution in [-0.2, 0) is 4.79 Å². The number of amides is 1. The number of carbonyl (C=O) groups excluding carboxylic acids is 1. The van der Waals surface area contributed by atoms with Crippen molar-refractivity contribution < 1.29 is 19.0 Å². The summed E-state index contributed by atoms with van der Waals surface area (Å²) in [6, 6.07) is 10.1. The van der Waals surface area contributed by atoms with Crippen molar-refractivity contribution in [2.75, 3.05) is 26.6 Å². The van der Waals surface area contributed by atoms with E-state index in [1.165, 1.54) is 27.4 Å². The van der Waals surface area contributed by atoms with E-state index in [0.29, 0.717) is 38.0 Å². The zero-order valence-electron chi connectivity index (χ0n) is 14.8. The predicted molar refractivity (Wildman–Crippen MR) is 107 cm³/mol. The van der Waals surface area contributed by atoms with Crippen molar-refractivity contribution in [3.63, 3.8) is 0 Å². The van der Waals surface area contributed by atoms with Crippen LogP contribution in [0.1, 0.15) is 5.56 Å². The highest BCUT2D eigenvalue weighted by Crippen LogP contribution is 2.34. The van der Waals surface area contributed by atoms with Gasteiger partial charge in [-0.2, -0.15) is 5.26 Å². The van der Waals surface area contributed by atoms with E-state index in [2.05, 4.69) is 21.2 Å². The molecule has 2 aromatic carbocycles. The number of ether oxygens (including phenoxy) is 3. The number of carbonyl (C=O) groups is 1. The van der Waals surface area contributed by atoms with E-state index < -0.39 is 5.91 Å². The van der Waals surface area contributed by atoms with Crippen LogP contribution < -0.4 is 19.5 Å². The monoisotopic (exact) mass is 450 g/mol. The van der Waals surface area contributed by atoms with Crippen LogP contribution in [0.25, 0.3) is 6.08 Å². The minimum atomic E-state index is -0.569. The van der Waals surface area contributed by atoms with Crippen molar-refractivity contribution in [3.8, 4) is 23.3 Å². The van der Waals surface area contributed by atoms with Gasteiger partial charge in [0, 0.05) is 10.2 Å². The summed E-state index contributed by atoms with van der Waals surface area (Å²) in [6.07, 6.45) is 1.45. The molecule has 0 bridgehead atoms. The van der Waals surface area contributed by atoms with Crippen LogP contribution in [-0.4, -0.2) is 27.2 Å². The Morgan fingerprint density at radius 1 is 1.11 bits per heavy atom. The third kappa shape index (κ3) is 4.94. The van der Waals surface area contributed by atoms with Gasteiger partial charge >= 0.3 is 0 Å². The van der Waals surface area contributed by atoms with E-state index in [9.17, 15) is 10.1 Å². The van der Waals surface area contributed by atoms with Gasteiger partial charge in [-0.3, -0.25) is 4.79 Å². The quantitative estimate of drug-likeness (QED) is 0.510. The second-order valence-electron chi connectivity index (χ2n) is 5.20. The number of nitriles is 1. The lowest BCUT2D eigenvalue weighted by molar-refractivity contribution is -0.112. The highest BCUT2D eigenvalue weighted by Gasteiger charge is 2.14. The predicted octanol–water partition coefficient (Wildman–Crippen LogP) is 4.67. The molecule has 0 radical (unpaired) electrons. The molecule has 1 amide bonds. The molecule has 0 aromatic heterocycles. The fourth-order valence-corrected chi connectivity index (χ4v) is 2.92. The van der Waals surface area contributed by atoms with Crippen LogP contribution in [0, 0.1) is 11.3 Å². The van der Waals surface area contributed by atoms with Gasteiger partial charge in [0.1, 0.15) is 17.4 Å². The Hall–Kier alpha value is -2.69. The van der Waals surface area contributed by atoms with Crippen molar-refractivity contribution in [2.24, 2.45) is 0 Å². The number of halogens is 2. The molecule has 2 aromatic rings. The summed E-state index contributed by atoms with van der Waals surface area (Å²) in [6.45, 7) is 0. The molecule has 0 saturated carbocycles. The molecule has 140 valence electrons. The van der Waals surface area contributed by atoms with Crippen LogP contribution >= 0.6 is 27.5 Å². The minimum absolute atomic E-state index is 0.0881. The number of benzene rings is 2. The maximum Gasteiger partial charge on any atom is 0.266 e. The van der Waals surface area contributed by atoms with Crippen LogP contribution in [0.3, 0.4) is 0 Å². The molecule has 2 rings (SSSR count). The van der Waals surface area contributed by atoms with E-state index in [-0.39, 0.29) is 5.57 Å². The molecule has 0 spiro atoms. The summed E-state index contributed by atoms with van der Waals surface area (Å²) in [5.74, 6) is 0.921. The zero-order chi connectivity index (χ0) is 20.0. The number of nitrogens with zero attached hydrogens (tertiary/aromatic N) is 1. The number of rotatable bonds is 6. The van der Waals surface area contributed by atoms with E-state index in [1.807, 2.05) is 6.07 Å². The van der Waals surface area contributed by atoms with Gasteiger partial charge in [-0.25, -0.2) is 0 Å². The summed E-state index contributed by atoms with van der Waals surface area (Å²) in [5.41, 5.74) is 0.945. The lowest BCUT2D eigenvalue weighted by Crippen LogP contribution is -2.13.